The van der Waals surface area contributed by atoms with Gasteiger partial charge in [0.15, 0.2) is 5.58 Å². The van der Waals surface area contributed by atoms with E-state index in [9.17, 15) is 12.8 Å². The number of nitrogens with zero attached hydrogens (tertiary/aromatic N) is 2. The minimum absolute atomic E-state index is 0.203. The summed E-state index contributed by atoms with van der Waals surface area (Å²) >= 11 is 0. The molecule has 0 saturated carbocycles. The van der Waals surface area contributed by atoms with E-state index in [1.807, 2.05) is 18.2 Å². The van der Waals surface area contributed by atoms with Crippen molar-refractivity contribution in [2.45, 2.75) is 23.8 Å². The van der Waals surface area contributed by atoms with Crippen LogP contribution in [0.1, 0.15) is 24.8 Å². The normalized spacial score (nSPS) is 17.1. The quantitative estimate of drug-likeness (QED) is 0.418. The SMILES string of the molecule is COc1ccc(S(=O)(=O)N2CCC[C@@H]2c2nc3cc(-c4cccc(F)c4)ccc3o2)cc1. The second-order valence-corrected chi connectivity index (χ2v) is 9.58. The van der Waals surface area contributed by atoms with Crippen molar-refractivity contribution in [1.29, 1.82) is 0 Å². The molecule has 1 aliphatic rings. The number of hydrogen-bond donors (Lipinski definition) is 0. The molecule has 0 spiro atoms. The van der Waals surface area contributed by atoms with Gasteiger partial charge in [0.25, 0.3) is 0 Å². The van der Waals surface area contributed by atoms with E-state index in [4.69, 9.17) is 9.15 Å². The molecule has 0 unspecified atom stereocenters. The molecular weight excluding hydrogens is 431 g/mol. The molecule has 1 atom stereocenters. The van der Waals surface area contributed by atoms with Crippen LogP contribution in [0.25, 0.3) is 22.2 Å². The van der Waals surface area contributed by atoms with Crippen molar-refractivity contribution in [3.05, 3.63) is 78.4 Å². The molecule has 1 saturated heterocycles. The van der Waals surface area contributed by atoms with Gasteiger partial charge in [0.2, 0.25) is 15.9 Å². The van der Waals surface area contributed by atoms with E-state index >= 15 is 0 Å². The summed E-state index contributed by atoms with van der Waals surface area (Å²) in [6.07, 6.45) is 1.34. The van der Waals surface area contributed by atoms with Crippen LogP contribution in [0.15, 0.2) is 76.0 Å². The first kappa shape index (κ1) is 20.7. The zero-order valence-electron chi connectivity index (χ0n) is 17.4. The fourth-order valence-corrected chi connectivity index (χ4v) is 5.74. The van der Waals surface area contributed by atoms with Gasteiger partial charge in [-0.15, -0.1) is 0 Å². The van der Waals surface area contributed by atoms with Gasteiger partial charge in [-0.05, 0) is 72.5 Å². The minimum Gasteiger partial charge on any atom is -0.497 e. The molecule has 8 heteroatoms. The molecule has 5 rings (SSSR count). The van der Waals surface area contributed by atoms with E-state index in [1.54, 1.807) is 36.4 Å². The lowest BCUT2D eigenvalue weighted by atomic mass is 10.1. The minimum atomic E-state index is -3.72. The number of aromatic nitrogens is 1. The topological polar surface area (TPSA) is 72.6 Å². The summed E-state index contributed by atoms with van der Waals surface area (Å²) in [7, 11) is -2.18. The van der Waals surface area contributed by atoms with Gasteiger partial charge in [-0.3, -0.25) is 0 Å². The molecule has 1 fully saturated rings. The maximum atomic E-state index is 13.6. The molecular formula is C24H21FN2O4S. The number of benzene rings is 3. The first-order valence-electron chi connectivity index (χ1n) is 10.3. The Bertz CT molecular complexity index is 1380. The number of sulfonamides is 1. The number of oxazole rings is 1. The van der Waals surface area contributed by atoms with Crippen molar-refractivity contribution in [3.63, 3.8) is 0 Å². The molecule has 1 aliphatic heterocycles. The standard InChI is InChI=1S/C24H21FN2O4S/c1-30-19-8-10-20(11-9-19)32(28,29)27-13-3-6-22(27)24-26-21-15-17(7-12-23(21)31-24)16-4-2-5-18(25)14-16/h2,4-5,7-12,14-15,22H,3,6,13H2,1H3/t22-/m1/s1. The fraction of sp³-hybridized carbons (Fsp3) is 0.208. The van der Waals surface area contributed by atoms with Gasteiger partial charge in [-0.2, -0.15) is 4.31 Å². The van der Waals surface area contributed by atoms with Crippen molar-refractivity contribution in [2.75, 3.05) is 13.7 Å². The van der Waals surface area contributed by atoms with Gasteiger partial charge in [0, 0.05) is 6.54 Å². The number of ether oxygens (including phenoxy) is 1. The average molecular weight is 453 g/mol. The van der Waals surface area contributed by atoms with E-state index in [2.05, 4.69) is 4.98 Å². The van der Waals surface area contributed by atoms with Gasteiger partial charge in [-0.25, -0.2) is 17.8 Å². The molecule has 6 nitrogen and oxygen atoms in total. The van der Waals surface area contributed by atoms with E-state index in [-0.39, 0.29) is 10.7 Å². The Kier molecular flexibility index (Phi) is 5.19. The molecule has 164 valence electrons. The summed E-state index contributed by atoms with van der Waals surface area (Å²) < 4.78 is 52.7. The van der Waals surface area contributed by atoms with Gasteiger partial charge in [-0.1, -0.05) is 18.2 Å². The van der Waals surface area contributed by atoms with Gasteiger partial charge >= 0.3 is 0 Å². The molecule has 3 aromatic carbocycles. The number of halogens is 1. The summed E-state index contributed by atoms with van der Waals surface area (Å²) in [5, 5.41) is 0. The molecule has 32 heavy (non-hydrogen) atoms. The van der Waals surface area contributed by atoms with E-state index in [0.29, 0.717) is 42.1 Å². The van der Waals surface area contributed by atoms with Crippen LogP contribution in [-0.4, -0.2) is 31.4 Å². The lowest BCUT2D eigenvalue weighted by Gasteiger charge is -2.21. The Hall–Kier alpha value is -3.23. The van der Waals surface area contributed by atoms with E-state index in [0.717, 1.165) is 11.1 Å². The molecule has 0 amide bonds. The first-order valence-corrected chi connectivity index (χ1v) is 11.7. The Morgan fingerprint density at radius 2 is 1.84 bits per heavy atom. The Morgan fingerprint density at radius 1 is 1.06 bits per heavy atom. The van der Waals surface area contributed by atoms with Crippen molar-refractivity contribution >= 4 is 21.1 Å². The largest absolute Gasteiger partial charge is 0.497 e. The highest BCUT2D eigenvalue weighted by Gasteiger charge is 2.39. The predicted molar refractivity (Wildman–Crippen MR) is 118 cm³/mol. The van der Waals surface area contributed by atoms with Crippen molar-refractivity contribution in [1.82, 2.24) is 9.29 Å². The van der Waals surface area contributed by atoms with Crippen LogP contribution in [0.2, 0.25) is 0 Å². The maximum Gasteiger partial charge on any atom is 0.243 e. The first-order chi connectivity index (χ1) is 15.5. The van der Waals surface area contributed by atoms with Crippen molar-refractivity contribution in [2.24, 2.45) is 0 Å². The van der Waals surface area contributed by atoms with Crippen LogP contribution in [0.4, 0.5) is 4.39 Å². The van der Waals surface area contributed by atoms with Crippen molar-refractivity contribution in [3.8, 4) is 16.9 Å². The highest BCUT2D eigenvalue weighted by atomic mass is 32.2. The van der Waals surface area contributed by atoms with Gasteiger partial charge in [0.1, 0.15) is 23.1 Å². The lowest BCUT2D eigenvalue weighted by Crippen LogP contribution is -2.30. The summed E-state index contributed by atoms with van der Waals surface area (Å²) in [5.74, 6) is 0.648. The third-order valence-electron chi connectivity index (χ3n) is 5.72. The summed E-state index contributed by atoms with van der Waals surface area (Å²) in [5.41, 5.74) is 2.72. The second-order valence-electron chi connectivity index (χ2n) is 7.69. The van der Waals surface area contributed by atoms with Gasteiger partial charge in [0.05, 0.1) is 12.0 Å². The van der Waals surface area contributed by atoms with Crippen LogP contribution in [0.3, 0.4) is 0 Å². The Balaban J connectivity index is 1.48. The Labute approximate surface area is 185 Å². The second kappa shape index (κ2) is 8.03. The summed E-state index contributed by atoms with van der Waals surface area (Å²) in [6, 6.07) is 17.7. The molecule has 2 heterocycles. The summed E-state index contributed by atoms with van der Waals surface area (Å²) in [4.78, 5) is 4.81. The molecule has 0 aliphatic carbocycles. The molecule has 1 aromatic heterocycles. The van der Waals surface area contributed by atoms with E-state index in [1.165, 1.54) is 23.5 Å². The number of methoxy groups -OCH3 is 1. The number of hydrogen-bond acceptors (Lipinski definition) is 5. The number of rotatable bonds is 5. The highest BCUT2D eigenvalue weighted by molar-refractivity contribution is 7.89. The van der Waals surface area contributed by atoms with Crippen LogP contribution in [0, 0.1) is 5.82 Å². The smallest absolute Gasteiger partial charge is 0.243 e. The molecule has 0 N–H and O–H groups in total. The van der Waals surface area contributed by atoms with E-state index < -0.39 is 16.1 Å². The molecule has 4 aromatic rings. The molecule has 0 radical (unpaired) electrons. The third-order valence-corrected chi connectivity index (χ3v) is 7.64. The zero-order chi connectivity index (χ0) is 22.3. The predicted octanol–water partition coefficient (Wildman–Crippen LogP) is 5.17. The lowest BCUT2D eigenvalue weighted by molar-refractivity contribution is 0.337. The van der Waals surface area contributed by atoms with Crippen LogP contribution in [-0.2, 0) is 10.0 Å². The zero-order valence-corrected chi connectivity index (χ0v) is 18.2. The van der Waals surface area contributed by atoms with Crippen LogP contribution in [0.5, 0.6) is 5.75 Å². The molecule has 0 bridgehead atoms. The fourth-order valence-electron chi connectivity index (χ4n) is 4.09. The van der Waals surface area contributed by atoms with Crippen LogP contribution >= 0.6 is 0 Å². The number of fused-ring (bicyclic) bond motifs is 1. The van der Waals surface area contributed by atoms with Crippen LogP contribution < -0.4 is 4.74 Å². The third kappa shape index (κ3) is 3.65. The monoisotopic (exact) mass is 452 g/mol. The maximum absolute atomic E-state index is 13.6. The summed E-state index contributed by atoms with van der Waals surface area (Å²) in [6.45, 7) is 0.395. The Morgan fingerprint density at radius 3 is 2.59 bits per heavy atom. The van der Waals surface area contributed by atoms with Gasteiger partial charge < -0.3 is 9.15 Å². The highest BCUT2D eigenvalue weighted by Crippen LogP contribution is 2.38. The van der Waals surface area contributed by atoms with Crippen molar-refractivity contribution < 1.29 is 22.0 Å². The average Bonchev–Trinajstić information content (AvgIpc) is 3.46.